The standard InChI is InChI=1S/C23H32N4O.HI/c1-6-27(7-2)22(28)21-14-12-19(13-15-21)16-25-23(24-4)26(5)17-20-10-8-18(3)9-11-20;/h8-15H,6-7,16-17H2,1-5H3,(H,24,25);1H. The van der Waals surface area contributed by atoms with Crippen molar-refractivity contribution in [1.82, 2.24) is 15.1 Å². The molecule has 158 valence electrons. The summed E-state index contributed by atoms with van der Waals surface area (Å²) < 4.78 is 0. The number of aryl methyl sites for hydroxylation is 1. The van der Waals surface area contributed by atoms with E-state index in [1.165, 1.54) is 11.1 Å². The Bertz CT molecular complexity index is 784. The molecule has 1 amide bonds. The van der Waals surface area contributed by atoms with Gasteiger partial charge in [0.15, 0.2) is 5.96 Å². The summed E-state index contributed by atoms with van der Waals surface area (Å²) in [5.41, 5.74) is 4.35. The highest BCUT2D eigenvalue weighted by molar-refractivity contribution is 14.0. The van der Waals surface area contributed by atoms with Crippen LogP contribution in [0, 0.1) is 6.92 Å². The molecular weight excluding hydrogens is 475 g/mol. The van der Waals surface area contributed by atoms with Gasteiger partial charge in [0.2, 0.25) is 0 Å². The van der Waals surface area contributed by atoms with Gasteiger partial charge in [0.05, 0.1) is 0 Å². The molecular formula is C23H33IN4O. The van der Waals surface area contributed by atoms with Crippen LogP contribution >= 0.6 is 24.0 Å². The third-order valence-corrected chi connectivity index (χ3v) is 4.82. The molecule has 0 aliphatic heterocycles. The van der Waals surface area contributed by atoms with E-state index in [2.05, 4.69) is 46.4 Å². The van der Waals surface area contributed by atoms with E-state index >= 15 is 0 Å². The summed E-state index contributed by atoms with van der Waals surface area (Å²) in [4.78, 5) is 20.7. The predicted molar refractivity (Wildman–Crippen MR) is 132 cm³/mol. The van der Waals surface area contributed by atoms with Crippen molar-refractivity contribution in [2.24, 2.45) is 4.99 Å². The Hall–Kier alpha value is -2.09. The third kappa shape index (κ3) is 7.34. The van der Waals surface area contributed by atoms with E-state index in [1.54, 1.807) is 7.05 Å². The van der Waals surface area contributed by atoms with Crippen LogP contribution in [0.5, 0.6) is 0 Å². The average Bonchev–Trinajstić information content (AvgIpc) is 2.71. The number of carbonyl (C=O) groups excluding carboxylic acids is 1. The fraction of sp³-hybridized carbons (Fsp3) is 0.391. The molecule has 0 unspecified atom stereocenters. The molecule has 0 aromatic heterocycles. The van der Waals surface area contributed by atoms with Crippen molar-refractivity contribution in [3.8, 4) is 0 Å². The van der Waals surface area contributed by atoms with E-state index < -0.39 is 0 Å². The highest BCUT2D eigenvalue weighted by Crippen LogP contribution is 2.09. The van der Waals surface area contributed by atoms with Crippen LogP contribution < -0.4 is 5.32 Å². The van der Waals surface area contributed by atoms with Crippen LogP contribution in [-0.2, 0) is 13.1 Å². The number of aliphatic imine (C=N–C) groups is 1. The molecule has 0 aliphatic rings. The summed E-state index contributed by atoms with van der Waals surface area (Å²) in [6, 6.07) is 16.3. The molecule has 2 aromatic carbocycles. The maximum atomic E-state index is 12.4. The number of carbonyl (C=O) groups is 1. The minimum atomic E-state index is 0. The highest BCUT2D eigenvalue weighted by atomic mass is 127. The van der Waals surface area contributed by atoms with Crippen LogP contribution in [0.1, 0.15) is 40.9 Å². The average molecular weight is 508 g/mol. The van der Waals surface area contributed by atoms with Gasteiger partial charge in [-0.1, -0.05) is 42.0 Å². The minimum absolute atomic E-state index is 0. The predicted octanol–water partition coefficient (Wildman–Crippen LogP) is 4.30. The number of hydrogen-bond acceptors (Lipinski definition) is 2. The van der Waals surface area contributed by atoms with Gasteiger partial charge >= 0.3 is 0 Å². The second kappa shape index (κ2) is 12.5. The monoisotopic (exact) mass is 508 g/mol. The third-order valence-electron chi connectivity index (χ3n) is 4.82. The number of amides is 1. The second-order valence-corrected chi connectivity index (χ2v) is 6.92. The molecule has 0 radical (unpaired) electrons. The fourth-order valence-corrected chi connectivity index (χ4v) is 3.07. The van der Waals surface area contributed by atoms with Crippen molar-refractivity contribution in [3.05, 3.63) is 70.8 Å². The summed E-state index contributed by atoms with van der Waals surface area (Å²) in [6.07, 6.45) is 0. The summed E-state index contributed by atoms with van der Waals surface area (Å²) in [5, 5.41) is 3.39. The number of guanidine groups is 1. The molecule has 1 N–H and O–H groups in total. The lowest BCUT2D eigenvalue weighted by Gasteiger charge is -2.22. The summed E-state index contributed by atoms with van der Waals surface area (Å²) in [7, 11) is 3.82. The zero-order valence-corrected chi connectivity index (χ0v) is 20.4. The lowest BCUT2D eigenvalue weighted by molar-refractivity contribution is 0.0773. The van der Waals surface area contributed by atoms with Crippen LogP contribution in [0.15, 0.2) is 53.5 Å². The molecule has 0 atom stereocenters. The molecule has 0 heterocycles. The number of nitrogens with one attached hydrogen (secondary N) is 1. The zero-order valence-electron chi connectivity index (χ0n) is 18.1. The van der Waals surface area contributed by atoms with Gasteiger partial charge in [0.1, 0.15) is 0 Å². The van der Waals surface area contributed by atoms with Crippen molar-refractivity contribution >= 4 is 35.8 Å². The summed E-state index contributed by atoms with van der Waals surface area (Å²) >= 11 is 0. The first-order valence-corrected chi connectivity index (χ1v) is 9.84. The van der Waals surface area contributed by atoms with E-state index in [1.807, 2.05) is 50.1 Å². The Morgan fingerprint density at radius 3 is 2.03 bits per heavy atom. The molecule has 0 aliphatic carbocycles. The van der Waals surface area contributed by atoms with Crippen molar-refractivity contribution in [2.45, 2.75) is 33.9 Å². The Labute approximate surface area is 192 Å². The number of rotatable bonds is 7. The first kappa shape index (κ1) is 24.9. The van der Waals surface area contributed by atoms with Gasteiger partial charge in [-0.15, -0.1) is 24.0 Å². The maximum absolute atomic E-state index is 12.4. The highest BCUT2D eigenvalue weighted by Gasteiger charge is 2.12. The zero-order chi connectivity index (χ0) is 20.5. The van der Waals surface area contributed by atoms with Crippen LogP contribution in [-0.4, -0.2) is 48.9 Å². The van der Waals surface area contributed by atoms with E-state index in [-0.39, 0.29) is 29.9 Å². The van der Waals surface area contributed by atoms with Crippen LogP contribution in [0.2, 0.25) is 0 Å². The number of halogens is 1. The molecule has 0 saturated carbocycles. The van der Waals surface area contributed by atoms with Gasteiger partial charge in [0.25, 0.3) is 5.91 Å². The Balaban J connectivity index is 0.00000420. The van der Waals surface area contributed by atoms with E-state index in [4.69, 9.17) is 0 Å². The Morgan fingerprint density at radius 1 is 0.966 bits per heavy atom. The molecule has 0 spiro atoms. The second-order valence-electron chi connectivity index (χ2n) is 6.92. The van der Waals surface area contributed by atoms with E-state index in [0.29, 0.717) is 6.54 Å². The van der Waals surface area contributed by atoms with Crippen LogP contribution in [0.3, 0.4) is 0 Å². The smallest absolute Gasteiger partial charge is 0.253 e. The normalized spacial score (nSPS) is 10.9. The van der Waals surface area contributed by atoms with Gasteiger partial charge in [-0.3, -0.25) is 9.79 Å². The van der Waals surface area contributed by atoms with Gasteiger partial charge in [-0.2, -0.15) is 0 Å². The van der Waals surface area contributed by atoms with Crippen molar-refractivity contribution < 1.29 is 4.79 Å². The number of hydrogen-bond donors (Lipinski definition) is 1. The quantitative estimate of drug-likeness (QED) is 0.345. The SMILES string of the molecule is CCN(CC)C(=O)c1ccc(CNC(=NC)N(C)Cc2ccc(C)cc2)cc1.I. The van der Waals surface area contributed by atoms with E-state index in [9.17, 15) is 4.79 Å². The molecule has 0 saturated heterocycles. The van der Waals surface area contributed by atoms with Crippen molar-refractivity contribution in [3.63, 3.8) is 0 Å². The molecule has 2 rings (SSSR count). The molecule has 2 aromatic rings. The van der Waals surface area contributed by atoms with Crippen molar-refractivity contribution in [2.75, 3.05) is 27.2 Å². The maximum Gasteiger partial charge on any atom is 0.253 e. The first-order chi connectivity index (χ1) is 13.5. The van der Waals surface area contributed by atoms with E-state index in [0.717, 1.165) is 36.7 Å². The lowest BCUT2D eigenvalue weighted by Crippen LogP contribution is -2.38. The van der Waals surface area contributed by atoms with Gasteiger partial charge in [-0.25, -0.2) is 0 Å². The number of nitrogens with zero attached hydrogens (tertiary/aromatic N) is 3. The van der Waals surface area contributed by atoms with Gasteiger partial charge in [0, 0.05) is 45.8 Å². The largest absolute Gasteiger partial charge is 0.352 e. The lowest BCUT2D eigenvalue weighted by atomic mass is 10.1. The topological polar surface area (TPSA) is 47.9 Å². The molecule has 29 heavy (non-hydrogen) atoms. The molecule has 6 heteroatoms. The molecule has 0 bridgehead atoms. The first-order valence-electron chi connectivity index (χ1n) is 9.84. The van der Waals surface area contributed by atoms with Crippen molar-refractivity contribution in [1.29, 1.82) is 0 Å². The van der Waals surface area contributed by atoms with Crippen LogP contribution in [0.4, 0.5) is 0 Å². The fourth-order valence-electron chi connectivity index (χ4n) is 3.07. The molecule has 5 nitrogen and oxygen atoms in total. The molecule has 0 fully saturated rings. The Kier molecular flexibility index (Phi) is 10.7. The minimum Gasteiger partial charge on any atom is -0.352 e. The number of benzene rings is 2. The van der Waals surface area contributed by atoms with Crippen LogP contribution in [0.25, 0.3) is 0 Å². The van der Waals surface area contributed by atoms with Gasteiger partial charge in [-0.05, 0) is 44.0 Å². The summed E-state index contributed by atoms with van der Waals surface area (Å²) in [6.45, 7) is 8.98. The Morgan fingerprint density at radius 2 is 1.52 bits per heavy atom. The summed E-state index contributed by atoms with van der Waals surface area (Å²) in [5.74, 6) is 0.919. The van der Waals surface area contributed by atoms with Gasteiger partial charge < -0.3 is 15.1 Å².